The van der Waals surface area contributed by atoms with E-state index in [0.29, 0.717) is 0 Å². The maximum atomic E-state index is 11.3. The van der Waals surface area contributed by atoms with Gasteiger partial charge in [-0.3, -0.25) is 4.52 Å². The van der Waals surface area contributed by atoms with Gasteiger partial charge < -0.3 is 0 Å². The zero-order chi connectivity index (χ0) is 14.4. The lowest BCUT2D eigenvalue weighted by molar-refractivity contribution is 0.214. The first-order valence-electron chi connectivity index (χ1n) is 7.03. The number of halogens is 2. The fraction of sp³-hybridized carbons (Fsp3) is 1.00. The first-order chi connectivity index (χ1) is 9.18. The van der Waals surface area contributed by atoms with Gasteiger partial charge in [-0.05, 0) is 6.42 Å². The second-order valence-electron chi connectivity index (χ2n) is 4.60. The van der Waals surface area contributed by atoms with E-state index in [1.165, 1.54) is 44.9 Å². The Kier molecular flexibility index (Phi) is 14.2. The number of rotatable bonds is 14. The normalized spacial score (nSPS) is 11.9. The summed E-state index contributed by atoms with van der Waals surface area (Å²) in [5.41, 5.74) is 0. The molecule has 0 bridgehead atoms. The van der Waals surface area contributed by atoms with Gasteiger partial charge in [0.15, 0.2) is 0 Å². The summed E-state index contributed by atoms with van der Waals surface area (Å²) in [7, 11) is -3.73. The fourth-order valence-electron chi connectivity index (χ4n) is 1.82. The van der Waals surface area contributed by atoms with E-state index in [0.717, 1.165) is 19.3 Å². The monoisotopic (exact) mass is 334 g/mol. The summed E-state index contributed by atoms with van der Waals surface area (Å²) in [6.07, 6.45) is 12.2. The summed E-state index contributed by atoms with van der Waals surface area (Å²) in [5.74, 6) is 0. The third kappa shape index (κ3) is 12.2. The van der Waals surface area contributed by atoms with Gasteiger partial charge in [0.2, 0.25) is 0 Å². The Labute approximate surface area is 127 Å². The van der Waals surface area contributed by atoms with Crippen LogP contribution >= 0.6 is 31.6 Å². The maximum Gasteiger partial charge on any atom is 0.507 e. The largest absolute Gasteiger partial charge is 0.507 e. The molecule has 0 aliphatic rings. The highest BCUT2D eigenvalue weighted by atomic mass is 35.5. The van der Waals surface area contributed by atoms with E-state index >= 15 is 0 Å². The van der Waals surface area contributed by atoms with Crippen LogP contribution in [-0.4, -0.2) is 6.61 Å². The van der Waals surface area contributed by atoms with E-state index in [1.54, 1.807) is 0 Å². The summed E-state index contributed by atoms with van der Waals surface area (Å²) >= 11 is 9.89. The van der Waals surface area contributed by atoms with Gasteiger partial charge in [-0.2, -0.15) is 8.15 Å². The number of hydrogen-bond acceptors (Lipinski definition) is 4. The third-order valence-electron chi connectivity index (χ3n) is 2.92. The van der Waals surface area contributed by atoms with Crippen molar-refractivity contribution in [1.29, 1.82) is 0 Å². The second-order valence-corrected chi connectivity index (χ2v) is 6.86. The summed E-state index contributed by atoms with van der Waals surface area (Å²) in [4.78, 5) is 0. The van der Waals surface area contributed by atoms with Crippen LogP contribution in [-0.2, 0) is 17.2 Å². The van der Waals surface area contributed by atoms with Crippen molar-refractivity contribution in [2.75, 3.05) is 6.61 Å². The van der Waals surface area contributed by atoms with Gasteiger partial charge in [0.1, 0.15) is 0 Å². The highest BCUT2D eigenvalue weighted by Crippen LogP contribution is 2.51. The van der Waals surface area contributed by atoms with Crippen LogP contribution in [0.25, 0.3) is 0 Å². The van der Waals surface area contributed by atoms with E-state index in [2.05, 4.69) is 15.1 Å². The Balaban J connectivity index is 3.21. The molecule has 116 valence electrons. The van der Waals surface area contributed by atoms with Crippen LogP contribution in [0.2, 0.25) is 0 Å². The van der Waals surface area contributed by atoms with Crippen molar-refractivity contribution in [2.24, 2.45) is 0 Å². The van der Waals surface area contributed by atoms with E-state index in [1.807, 2.05) is 0 Å². The van der Waals surface area contributed by atoms with Crippen molar-refractivity contribution in [3.63, 3.8) is 0 Å². The van der Waals surface area contributed by atoms with Crippen molar-refractivity contribution in [3.8, 4) is 0 Å². The molecule has 19 heavy (non-hydrogen) atoms. The summed E-state index contributed by atoms with van der Waals surface area (Å²) in [5, 5.41) is 0. The lowest BCUT2D eigenvalue weighted by atomic mass is 10.1. The zero-order valence-electron chi connectivity index (χ0n) is 11.6. The van der Waals surface area contributed by atoms with Crippen LogP contribution in [0.4, 0.5) is 0 Å². The molecule has 0 fully saturated rings. The van der Waals surface area contributed by atoms with Gasteiger partial charge in [-0.1, -0.05) is 64.7 Å². The molecule has 0 N–H and O–H groups in total. The standard InChI is InChI=1S/C12H25Cl2O4P/c1-2-3-4-5-6-7-8-9-10-11-12-16-19(15,17-13)18-14/h2-12H2,1H3. The number of unbranched alkanes of at least 4 members (excludes halogenated alkanes) is 9. The van der Waals surface area contributed by atoms with Gasteiger partial charge in [0.25, 0.3) is 0 Å². The van der Waals surface area contributed by atoms with Gasteiger partial charge >= 0.3 is 7.82 Å². The molecule has 4 nitrogen and oxygen atoms in total. The number of phosphoric acid groups is 1. The molecule has 0 amide bonds. The second kappa shape index (κ2) is 13.7. The molecule has 0 rings (SSSR count). The molecule has 0 spiro atoms. The molecular formula is C12H25Cl2O4P. The van der Waals surface area contributed by atoms with Crippen LogP contribution in [0.1, 0.15) is 71.1 Å². The molecule has 0 aliphatic carbocycles. The summed E-state index contributed by atoms with van der Waals surface area (Å²) < 4.78 is 24.2. The van der Waals surface area contributed by atoms with Gasteiger partial charge in [0.05, 0.1) is 30.3 Å². The Morgan fingerprint density at radius 3 is 1.63 bits per heavy atom. The van der Waals surface area contributed by atoms with Crippen molar-refractivity contribution in [1.82, 2.24) is 0 Å². The smallest absolute Gasteiger partial charge is 0.285 e. The molecule has 0 unspecified atom stereocenters. The van der Waals surface area contributed by atoms with Gasteiger partial charge in [-0.15, -0.1) is 0 Å². The quantitative estimate of drug-likeness (QED) is 0.273. The van der Waals surface area contributed by atoms with E-state index in [4.69, 9.17) is 28.3 Å². The highest BCUT2D eigenvalue weighted by molar-refractivity contribution is 7.50. The van der Waals surface area contributed by atoms with Crippen molar-refractivity contribution < 1.29 is 17.2 Å². The lowest BCUT2D eigenvalue weighted by Crippen LogP contribution is -1.94. The number of hydrogen-bond donors (Lipinski definition) is 0. The average Bonchev–Trinajstić information content (AvgIpc) is 2.44. The molecule has 0 heterocycles. The molecule has 0 atom stereocenters. The van der Waals surface area contributed by atoms with Crippen molar-refractivity contribution in [3.05, 3.63) is 0 Å². The maximum absolute atomic E-state index is 11.3. The zero-order valence-corrected chi connectivity index (χ0v) is 14.0. The Hall–Kier alpha value is 0.690. The average molecular weight is 335 g/mol. The molecule has 0 aromatic rings. The van der Waals surface area contributed by atoms with Crippen molar-refractivity contribution in [2.45, 2.75) is 71.1 Å². The van der Waals surface area contributed by atoms with Crippen molar-refractivity contribution >= 4 is 31.6 Å². The Bertz CT molecular complexity index is 234. The van der Waals surface area contributed by atoms with Gasteiger partial charge in [0, 0.05) is 0 Å². The van der Waals surface area contributed by atoms with Crippen LogP contribution < -0.4 is 0 Å². The predicted octanol–water partition coefficient (Wildman–Crippen LogP) is 6.37. The van der Waals surface area contributed by atoms with Crippen LogP contribution in [0, 0.1) is 0 Å². The van der Waals surface area contributed by atoms with Crippen LogP contribution in [0.5, 0.6) is 0 Å². The van der Waals surface area contributed by atoms with E-state index in [9.17, 15) is 4.57 Å². The van der Waals surface area contributed by atoms with Crippen LogP contribution in [0.15, 0.2) is 0 Å². The molecule has 7 heteroatoms. The third-order valence-corrected chi connectivity index (χ3v) is 4.77. The molecule has 0 saturated carbocycles. The lowest BCUT2D eigenvalue weighted by Gasteiger charge is -2.09. The minimum Gasteiger partial charge on any atom is -0.285 e. The fourth-order valence-corrected chi connectivity index (χ4v) is 2.76. The van der Waals surface area contributed by atoms with E-state index in [-0.39, 0.29) is 6.61 Å². The van der Waals surface area contributed by atoms with Gasteiger partial charge in [-0.25, -0.2) is 4.57 Å². The predicted molar refractivity (Wildman–Crippen MR) is 79.3 cm³/mol. The molecule has 0 radical (unpaired) electrons. The Morgan fingerprint density at radius 1 is 0.789 bits per heavy atom. The SMILES string of the molecule is CCCCCCCCCCCCOP(=O)(OCl)OCl. The molecule has 0 saturated heterocycles. The summed E-state index contributed by atoms with van der Waals surface area (Å²) in [6, 6.07) is 0. The molecule has 0 aromatic carbocycles. The molecular weight excluding hydrogens is 310 g/mol. The first-order valence-corrected chi connectivity index (χ1v) is 9.11. The molecule has 0 aliphatic heterocycles. The summed E-state index contributed by atoms with van der Waals surface area (Å²) in [6.45, 7) is 2.50. The minimum atomic E-state index is -3.73. The topological polar surface area (TPSA) is 44.8 Å². The first kappa shape index (κ1) is 19.7. The Morgan fingerprint density at radius 2 is 1.21 bits per heavy atom. The van der Waals surface area contributed by atoms with Crippen LogP contribution in [0.3, 0.4) is 0 Å². The van der Waals surface area contributed by atoms with E-state index < -0.39 is 7.82 Å². The molecule has 0 aromatic heterocycles. The minimum absolute atomic E-state index is 0.271. The highest BCUT2D eigenvalue weighted by Gasteiger charge is 2.26.